The Morgan fingerprint density at radius 1 is 1.16 bits per heavy atom. The summed E-state index contributed by atoms with van der Waals surface area (Å²) in [5.74, 6) is 0. The second-order valence-corrected chi connectivity index (χ2v) is 7.81. The molecule has 0 aliphatic rings. The van der Waals surface area contributed by atoms with E-state index >= 15 is 0 Å². The van der Waals surface area contributed by atoms with Crippen molar-refractivity contribution in [3.05, 3.63) is 11.4 Å². The third kappa shape index (κ3) is 9.89. The van der Waals surface area contributed by atoms with Crippen molar-refractivity contribution in [3.63, 3.8) is 0 Å². The van der Waals surface area contributed by atoms with Crippen LogP contribution in [0.3, 0.4) is 0 Å². The molecule has 0 aromatic rings. The standard InChI is InChI=1S/C17H34BN2O4P/c1-9-16(23-17(18)12-21-8)15(6)24-25(22-11-10-19-7)20(13(2)3)14(4)5/h13-17H,9-12H2,1-6,8H3/t15-,16-,17-,25?/m1/s1. The lowest BCUT2D eigenvalue weighted by Crippen LogP contribution is -2.38. The van der Waals surface area contributed by atoms with E-state index in [4.69, 9.17) is 32.9 Å². The maximum absolute atomic E-state index is 6.93. The predicted molar refractivity (Wildman–Crippen MR) is 104 cm³/mol. The molecule has 1 unspecified atom stereocenters. The van der Waals surface area contributed by atoms with E-state index in [9.17, 15) is 0 Å². The third-order valence-electron chi connectivity index (χ3n) is 3.51. The Morgan fingerprint density at radius 2 is 1.76 bits per heavy atom. The van der Waals surface area contributed by atoms with Crippen LogP contribution in [0.5, 0.6) is 0 Å². The molecular formula is C17H34BN2O4P. The van der Waals surface area contributed by atoms with E-state index in [0.29, 0.717) is 19.8 Å². The highest BCUT2D eigenvalue weighted by atomic mass is 31.2. The highest BCUT2D eigenvalue weighted by molar-refractivity contribution is 7.44. The van der Waals surface area contributed by atoms with Crippen LogP contribution < -0.4 is 0 Å². The van der Waals surface area contributed by atoms with Crippen molar-refractivity contribution in [2.24, 2.45) is 0 Å². The van der Waals surface area contributed by atoms with Crippen LogP contribution in [0.2, 0.25) is 0 Å². The van der Waals surface area contributed by atoms with Crippen LogP contribution in [-0.4, -0.2) is 69.7 Å². The summed E-state index contributed by atoms with van der Waals surface area (Å²) in [5, 5.41) is 0. The second kappa shape index (κ2) is 13.9. The van der Waals surface area contributed by atoms with Gasteiger partial charge in [-0.2, -0.15) is 0 Å². The summed E-state index contributed by atoms with van der Waals surface area (Å²) in [4.78, 5) is 3.35. The van der Waals surface area contributed by atoms with Gasteiger partial charge in [-0.05, 0) is 41.0 Å². The quantitative estimate of drug-likeness (QED) is 0.202. The van der Waals surface area contributed by atoms with Gasteiger partial charge >= 0.3 is 0 Å². The summed E-state index contributed by atoms with van der Waals surface area (Å²) in [6, 6.07) is 0.0487. The fourth-order valence-electron chi connectivity index (χ4n) is 2.47. The number of ether oxygens (including phenoxy) is 2. The van der Waals surface area contributed by atoms with Crippen molar-refractivity contribution in [3.8, 4) is 0 Å². The average molecular weight is 372 g/mol. The van der Waals surface area contributed by atoms with E-state index < -0.39 is 14.5 Å². The van der Waals surface area contributed by atoms with Crippen LogP contribution in [0.15, 0.2) is 0 Å². The van der Waals surface area contributed by atoms with Crippen LogP contribution in [0, 0.1) is 6.57 Å². The van der Waals surface area contributed by atoms with Gasteiger partial charge in [-0.15, -0.1) is 0 Å². The van der Waals surface area contributed by atoms with Crippen LogP contribution in [0.25, 0.3) is 4.85 Å². The third-order valence-corrected chi connectivity index (χ3v) is 5.73. The van der Waals surface area contributed by atoms with Crippen molar-refractivity contribution < 1.29 is 18.5 Å². The minimum atomic E-state index is -1.29. The second-order valence-electron chi connectivity index (χ2n) is 6.41. The van der Waals surface area contributed by atoms with Gasteiger partial charge < -0.3 is 23.4 Å². The van der Waals surface area contributed by atoms with Gasteiger partial charge in [-0.3, -0.25) is 0 Å². The number of methoxy groups -OCH3 is 1. The molecule has 0 fully saturated rings. The molecule has 0 aliphatic heterocycles. The zero-order chi connectivity index (χ0) is 19.4. The number of rotatable bonds is 14. The number of nitrogens with zero attached hydrogens (tertiary/aromatic N) is 2. The normalized spacial score (nSPS) is 16.8. The Bertz CT molecular complexity index is 374. The first-order valence-electron chi connectivity index (χ1n) is 8.89. The van der Waals surface area contributed by atoms with Crippen LogP contribution >= 0.6 is 8.53 Å². The van der Waals surface area contributed by atoms with Gasteiger partial charge in [0, 0.05) is 25.2 Å². The largest absolute Gasteiger partial charge is 0.383 e. The Labute approximate surface area is 156 Å². The van der Waals surface area contributed by atoms with E-state index in [0.717, 1.165) is 6.42 Å². The van der Waals surface area contributed by atoms with E-state index in [1.54, 1.807) is 7.11 Å². The number of hydrogen-bond acceptors (Lipinski definition) is 5. The first-order chi connectivity index (χ1) is 11.8. The molecule has 144 valence electrons. The smallest absolute Gasteiger partial charge is 0.259 e. The van der Waals surface area contributed by atoms with Gasteiger partial charge in [0.2, 0.25) is 6.54 Å². The molecule has 0 bridgehead atoms. The molecule has 8 heteroatoms. The number of hydrogen-bond donors (Lipinski definition) is 0. The van der Waals surface area contributed by atoms with Gasteiger partial charge in [-0.25, -0.2) is 11.2 Å². The maximum atomic E-state index is 6.93. The van der Waals surface area contributed by atoms with Crippen molar-refractivity contribution in [2.75, 3.05) is 26.9 Å². The zero-order valence-electron chi connectivity index (χ0n) is 16.8. The van der Waals surface area contributed by atoms with Gasteiger partial charge in [-0.1, -0.05) is 6.92 Å². The lowest BCUT2D eigenvalue weighted by Gasteiger charge is -2.38. The minimum absolute atomic E-state index is 0.152. The summed E-state index contributed by atoms with van der Waals surface area (Å²) in [7, 11) is 6.22. The van der Waals surface area contributed by atoms with E-state index in [1.807, 2.05) is 13.8 Å². The molecule has 0 amide bonds. The summed E-state index contributed by atoms with van der Waals surface area (Å²) < 4.78 is 25.3. The SMILES string of the molecule is [B][C@@H](COC)O[C@H](CC)[C@@H](C)OP(OCC[N+]#[C-])N(C(C)C)C(C)C. The van der Waals surface area contributed by atoms with Crippen molar-refractivity contribution in [1.29, 1.82) is 0 Å². The van der Waals surface area contributed by atoms with E-state index in [-0.39, 0.29) is 24.3 Å². The summed E-state index contributed by atoms with van der Waals surface area (Å²) in [5.41, 5.74) is 0. The van der Waals surface area contributed by atoms with Crippen molar-refractivity contribution >= 4 is 16.4 Å². The van der Waals surface area contributed by atoms with E-state index in [1.165, 1.54) is 0 Å². The summed E-state index contributed by atoms with van der Waals surface area (Å²) >= 11 is 0. The molecule has 0 rings (SSSR count). The van der Waals surface area contributed by atoms with Crippen LogP contribution in [-0.2, 0) is 18.5 Å². The Morgan fingerprint density at radius 3 is 2.20 bits per heavy atom. The molecule has 0 saturated heterocycles. The molecule has 0 aromatic heterocycles. The highest BCUT2D eigenvalue weighted by Gasteiger charge is 2.31. The van der Waals surface area contributed by atoms with Crippen molar-refractivity contribution in [1.82, 2.24) is 4.67 Å². The monoisotopic (exact) mass is 372 g/mol. The van der Waals surface area contributed by atoms with Crippen molar-refractivity contribution in [2.45, 2.75) is 78.3 Å². The highest BCUT2D eigenvalue weighted by Crippen LogP contribution is 2.47. The Balaban J connectivity index is 5.02. The minimum Gasteiger partial charge on any atom is -0.383 e. The molecule has 25 heavy (non-hydrogen) atoms. The molecule has 0 heterocycles. The lowest BCUT2D eigenvalue weighted by molar-refractivity contribution is -0.0584. The fraction of sp³-hybridized carbons (Fsp3) is 0.941. The molecule has 4 atom stereocenters. The molecule has 0 aromatic carbocycles. The molecule has 0 spiro atoms. The molecule has 0 saturated carbocycles. The van der Waals surface area contributed by atoms with Crippen LogP contribution in [0.4, 0.5) is 0 Å². The van der Waals surface area contributed by atoms with Gasteiger partial charge in [0.05, 0.1) is 18.8 Å². The topological polar surface area (TPSA) is 44.5 Å². The summed E-state index contributed by atoms with van der Waals surface area (Å²) in [6.45, 7) is 20.4. The first-order valence-corrected chi connectivity index (χ1v) is 10.0. The van der Waals surface area contributed by atoms with Crippen LogP contribution in [0.1, 0.15) is 48.0 Å². The maximum Gasteiger partial charge on any atom is 0.259 e. The molecule has 0 aliphatic carbocycles. The first kappa shape index (κ1) is 24.8. The Hall–Kier alpha value is -0.215. The van der Waals surface area contributed by atoms with Gasteiger partial charge in [0.25, 0.3) is 8.53 Å². The lowest BCUT2D eigenvalue weighted by atomic mass is 10.0. The van der Waals surface area contributed by atoms with E-state index in [2.05, 4.69) is 37.2 Å². The molecule has 2 radical (unpaired) electrons. The van der Waals surface area contributed by atoms with Gasteiger partial charge in [0.1, 0.15) is 14.5 Å². The molecule has 6 nitrogen and oxygen atoms in total. The fourth-order valence-corrected chi connectivity index (χ4v) is 4.18. The molecular weight excluding hydrogens is 338 g/mol. The Kier molecular flexibility index (Phi) is 13.8. The average Bonchev–Trinajstić information content (AvgIpc) is 2.52. The zero-order valence-corrected chi connectivity index (χ0v) is 17.7. The van der Waals surface area contributed by atoms with Gasteiger partial charge in [0.15, 0.2) is 0 Å². The molecule has 0 N–H and O–H groups in total. The predicted octanol–water partition coefficient (Wildman–Crippen LogP) is 3.61. The summed E-state index contributed by atoms with van der Waals surface area (Å²) in [6.07, 6.45) is 0.431.